The molecule has 0 aliphatic carbocycles. The molecule has 0 spiro atoms. The van der Waals surface area contributed by atoms with Crippen LogP contribution in [-0.2, 0) is 23.0 Å². The fourth-order valence-corrected chi connectivity index (χ4v) is 5.68. The Bertz CT molecular complexity index is 1210. The fraction of sp³-hybridized carbons (Fsp3) is 0.136. The average Bonchev–Trinajstić information content (AvgIpc) is 3.22. The molecule has 0 bridgehead atoms. The number of nitrogens with one attached hydrogen (secondary N) is 1. The molecule has 1 aliphatic rings. The minimum atomic E-state index is -4.09. The van der Waals surface area contributed by atoms with E-state index < -0.39 is 21.6 Å². The lowest BCUT2D eigenvalue weighted by Gasteiger charge is -2.29. The fourth-order valence-electron chi connectivity index (χ4n) is 3.20. The van der Waals surface area contributed by atoms with Crippen molar-refractivity contribution >= 4 is 38.5 Å². The van der Waals surface area contributed by atoms with E-state index in [2.05, 4.69) is 5.32 Å². The molecule has 0 saturated carbocycles. The maximum Gasteiger partial charge on any atom is 0.270 e. The standard InChI is InChI=1S/C22H19FN2O3S2/c1-2-15-5-9-18(10-6-15)24-13-20-21(26)22-19(11-12-29-22)25(30(20,27)28)14-16-3-7-17(23)8-4-16/h3-13,24H,2,14H2,1H3/b20-13-. The predicted molar refractivity (Wildman–Crippen MR) is 118 cm³/mol. The zero-order valence-electron chi connectivity index (χ0n) is 16.1. The highest BCUT2D eigenvalue weighted by atomic mass is 32.2. The third kappa shape index (κ3) is 3.76. The van der Waals surface area contributed by atoms with Gasteiger partial charge in [-0.05, 0) is 53.3 Å². The number of aryl methyl sites for hydroxylation is 1. The largest absolute Gasteiger partial charge is 0.360 e. The highest BCUT2D eigenvalue weighted by molar-refractivity contribution is 7.97. The van der Waals surface area contributed by atoms with Gasteiger partial charge in [-0.15, -0.1) is 11.3 Å². The molecule has 154 valence electrons. The molecule has 1 N–H and O–H groups in total. The summed E-state index contributed by atoms with van der Waals surface area (Å²) in [5.41, 5.74) is 2.81. The first-order valence-corrected chi connectivity index (χ1v) is 11.7. The normalized spacial score (nSPS) is 16.5. The van der Waals surface area contributed by atoms with Gasteiger partial charge < -0.3 is 5.32 Å². The minimum absolute atomic E-state index is 0.00215. The number of sulfonamides is 1. The summed E-state index contributed by atoms with van der Waals surface area (Å²) in [6, 6.07) is 14.8. The van der Waals surface area contributed by atoms with Gasteiger partial charge in [0.25, 0.3) is 10.0 Å². The van der Waals surface area contributed by atoms with Crippen LogP contribution in [0.4, 0.5) is 15.8 Å². The number of benzene rings is 2. The van der Waals surface area contributed by atoms with Gasteiger partial charge in [-0.3, -0.25) is 9.10 Å². The van der Waals surface area contributed by atoms with Crippen molar-refractivity contribution in [1.29, 1.82) is 0 Å². The molecule has 0 atom stereocenters. The SMILES string of the molecule is CCc1ccc(N/C=C2/C(=O)c3sccc3N(Cc3ccc(F)cc3)S2(=O)=O)cc1. The first-order chi connectivity index (χ1) is 14.4. The zero-order chi connectivity index (χ0) is 21.3. The molecule has 30 heavy (non-hydrogen) atoms. The summed E-state index contributed by atoms with van der Waals surface area (Å²) < 4.78 is 41.0. The van der Waals surface area contributed by atoms with E-state index in [9.17, 15) is 17.6 Å². The van der Waals surface area contributed by atoms with Gasteiger partial charge in [0.1, 0.15) is 10.7 Å². The lowest BCUT2D eigenvalue weighted by molar-refractivity contribution is 0.104. The van der Waals surface area contributed by atoms with E-state index in [-0.39, 0.29) is 11.4 Å². The number of fused-ring (bicyclic) bond motifs is 1. The molecule has 8 heteroatoms. The van der Waals surface area contributed by atoms with E-state index in [1.807, 2.05) is 31.2 Å². The van der Waals surface area contributed by atoms with E-state index in [0.29, 0.717) is 21.8 Å². The van der Waals surface area contributed by atoms with E-state index in [1.165, 1.54) is 46.1 Å². The maximum atomic E-state index is 13.3. The van der Waals surface area contributed by atoms with Crippen molar-refractivity contribution in [3.63, 3.8) is 0 Å². The molecule has 0 amide bonds. The summed E-state index contributed by atoms with van der Waals surface area (Å²) in [6.07, 6.45) is 2.15. The molecule has 4 rings (SSSR count). The van der Waals surface area contributed by atoms with Gasteiger partial charge in [-0.25, -0.2) is 12.8 Å². The van der Waals surface area contributed by atoms with Crippen LogP contribution in [0.15, 0.2) is 71.1 Å². The van der Waals surface area contributed by atoms with Gasteiger partial charge in [0.05, 0.1) is 12.2 Å². The lowest BCUT2D eigenvalue weighted by Crippen LogP contribution is -2.38. The Kier molecular flexibility index (Phi) is 5.44. The first-order valence-electron chi connectivity index (χ1n) is 9.35. The molecule has 0 fully saturated rings. The van der Waals surface area contributed by atoms with Crippen LogP contribution >= 0.6 is 11.3 Å². The number of carbonyl (C=O) groups excluding carboxylic acids is 1. The second-order valence-electron chi connectivity index (χ2n) is 6.81. The summed E-state index contributed by atoms with van der Waals surface area (Å²) in [4.78, 5) is 12.9. The maximum absolute atomic E-state index is 13.3. The third-order valence-electron chi connectivity index (χ3n) is 4.88. The number of anilines is 2. The van der Waals surface area contributed by atoms with Crippen LogP contribution in [0, 0.1) is 5.82 Å². The summed E-state index contributed by atoms with van der Waals surface area (Å²) >= 11 is 1.20. The van der Waals surface area contributed by atoms with Crippen molar-refractivity contribution in [2.24, 2.45) is 0 Å². The van der Waals surface area contributed by atoms with Crippen LogP contribution < -0.4 is 9.62 Å². The van der Waals surface area contributed by atoms with Gasteiger partial charge in [0.2, 0.25) is 5.78 Å². The van der Waals surface area contributed by atoms with Crippen molar-refractivity contribution in [3.05, 3.63) is 92.9 Å². The van der Waals surface area contributed by atoms with Crippen molar-refractivity contribution in [2.45, 2.75) is 19.9 Å². The number of nitrogens with zero attached hydrogens (tertiary/aromatic N) is 1. The highest BCUT2D eigenvalue weighted by Gasteiger charge is 2.41. The number of thiophene rings is 1. The van der Waals surface area contributed by atoms with Crippen LogP contribution in [0.2, 0.25) is 0 Å². The van der Waals surface area contributed by atoms with Crippen LogP contribution in [0.5, 0.6) is 0 Å². The number of hydrogen-bond donors (Lipinski definition) is 1. The first kappa shape index (κ1) is 20.3. The molecule has 5 nitrogen and oxygen atoms in total. The molecule has 3 aromatic rings. The van der Waals surface area contributed by atoms with Crippen molar-refractivity contribution in [3.8, 4) is 0 Å². The van der Waals surface area contributed by atoms with Gasteiger partial charge in [0.15, 0.2) is 4.91 Å². The quantitative estimate of drug-likeness (QED) is 0.569. The Morgan fingerprint density at radius 2 is 1.70 bits per heavy atom. The number of halogens is 1. The summed E-state index contributed by atoms with van der Waals surface area (Å²) in [5.74, 6) is -0.932. The van der Waals surface area contributed by atoms with Crippen molar-refractivity contribution in [2.75, 3.05) is 9.62 Å². The molecule has 0 radical (unpaired) electrons. The van der Waals surface area contributed by atoms with Crippen LogP contribution in [-0.4, -0.2) is 14.2 Å². The second kappa shape index (κ2) is 8.04. The van der Waals surface area contributed by atoms with Crippen LogP contribution in [0.3, 0.4) is 0 Å². The third-order valence-corrected chi connectivity index (χ3v) is 7.55. The molecular formula is C22H19FN2O3S2. The predicted octanol–water partition coefficient (Wildman–Crippen LogP) is 4.94. The highest BCUT2D eigenvalue weighted by Crippen LogP contribution is 2.39. The number of ketones is 1. The summed E-state index contributed by atoms with van der Waals surface area (Å²) in [5, 5.41) is 4.62. The van der Waals surface area contributed by atoms with Crippen LogP contribution in [0.25, 0.3) is 0 Å². The molecule has 0 saturated heterocycles. The summed E-state index contributed by atoms with van der Waals surface area (Å²) in [7, 11) is -4.09. The number of Topliss-reactive ketones (excluding diaryl/α,β-unsaturated/α-hetero) is 1. The topological polar surface area (TPSA) is 66.5 Å². The second-order valence-corrected chi connectivity index (χ2v) is 9.55. The molecule has 0 unspecified atom stereocenters. The number of rotatable bonds is 5. The van der Waals surface area contributed by atoms with Crippen molar-refractivity contribution < 1.29 is 17.6 Å². The molecule has 2 aromatic carbocycles. The van der Waals surface area contributed by atoms with Gasteiger partial charge in [-0.1, -0.05) is 31.2 Å². The molecule has 1 aromatic heterocycles. The molecule has 1 aliphatic heterocycles. The number of allylic oxidation sites excluding steroid dienone is 1. The summed E-state index contributed by atoms with van der Waals surface area (Å²) in [6.45, 7) is 2.05. The Balaban J connectivity index is 1.70. The Morgan fingerprint density at radius 3 is 2.37 bits per heavy atom. The van der Waals surface area contributed by atoms with Gasteiger partial charge in [-0.2, -0.15) is 0 Å². The smallest absolute Gasteiger partial charge is 0.270 e. The molecular weight excluding hydrogens is 423 g/mol. The Labute approximate surface area is 178 Å². The zero-order valence-corrected chi connectivity index (χ0v) is 17.8. The minimum Gasteiger partial charge on any atom is -0.360 e. The molecule has 2 heterocycles. The van der Waals surface area contributed by atoms with Crippen molar-refractivity contribution in [1.82, 2.24) is 0 Å². The van der Waals surface area contributed by atoms with Gasteiger partial charge >= 0.3 is 0 Å². The van der Waals surface area contributed by atoms with Crippen LogP contribution in [0.1, 0.15) is 27.7 Å². The number of hydrogen-bond acceptors (Lipinski definition) is 5. The van der Waals surface area contributed by atoms with E-state index in [4.69, 9.17) is 0 Å². The van der Waals surface area contributed by atoms with E-state index in [1.54, 1.807) is 11.4 Å². The lowest BCUT2D eigenvalue weighted by atomic mass is 10.1. The van der Waals surface area contributed by atoms with E-state index >= 15 is 0 Å². The number of carbonyl (C=O) groups is 1. The van der Waals surface area contributed by atoms with Gasteiger partial charge in [0, 0.05) is 11.9 Å². The monoisotopic (exact) mass is 442 g/mol. The Hall–Kier alpha value is -2.97. The van der Waals surface area contributed by atoms with E-state index in [0.717, 1.165) is 12.0 Å². The Morgan fingerprint density at radius 1 is 1.03 bits per heavy atom. The average molecular weight is 443 g/mol.